The minimum atomic E-state index is -0.383. The molecule has 0 aliphatic carbocycles. The molecule has 1 atom stereocenters. The van der Waals surface area contributed by atoms with Crippen LogP contribution < -0.4 is 0 Å². The summed E-state index contributed by atoms with van der Waals surface area (Å²) in [5.41, 5.74) is 0.742. The summed E-state index contributed by atoms with van der Waals surface area (Å²) in [4.78, 5) is 7.45. The second-order valence-electron chi connectivity index (χ2n) is 4.40. The van der Waals surface area contributed by atoms with E-state index in [9.17, 15) is 4.39 Å². The number of halogens is 1. The molecule has 1 N–H and O–H groups in total. The number of benzene rings is 1. The Labute approximate surface area is 92.6 Å². The highest BCUT2D eigenvalue weighted by Gasteiger charge is 2.35. The van der Waals surface area contributed by atoms with E-state index >= 15 is 0 Å². The molecule has 1 aromatic carbocycles. The highest BCUT2D eigenvalue weighted by atomic mass is 19.1. The summed E-state index contributed by atoms with van der Waals surface area (Å²) >= 11 is 0. The predicted octanol–water partition coefficient (Wildman–Crippen LogP) is 2.73. The van der Waals surface area contributed by atoms with E-state index in [1.54, 1.807) is 6.07 Å². The lowest BCUT2D eigenvalue weighted by atomic mass is 10.0. The first-order valence-electron chi connectivity index (χ1n) is 5.48. The van der Waals surface area contributed by atoms with Gasteiger partial charge < -0.3 is 9.72 Å². The van der Waals surface area contributed by atoms with Crippen molar-refractivity contribution < 1.29 is 9.13 Å². The number of H-pyrrole nitrogens is 1. The molecule has 84 valence electrons. The minimum absolute atomic E-state index is 0.290. The van der Waals surface area contributed by atoms with Gasteiger partial charge in [-0.2, -0.15) is 0 Å². The Kier molecular flexibility index (Phi) is 2.01. The van der Waals surface area contributed by atoms with Crippen LogP contribution in [-0.4, -0.2) is 16.6 Å². The molecule has 1 aliphatic rings. The zero-order valence-corrected chi connectivity index (χ0v) is 9.09. The van der Waals surface area contributed by atoms with Gasteiger partial charge >= 0.3 is 0 Å². The molecule has 2 aromatic rings. The van der Waals surface area contributed by atoms with Crippen molar-refractivity contribution in [3.63, 3.8) is 0 Å². The SMILES string of the molecule is CC1(c2nc3c(F)cccc3[nH]2)CCCO1. The first-order chi connectivity index (χ1) is 7.69. The molecule has 3 rings (SSSR count). The quantitative estimate of drug-likeness (QED) is 0.802. The van der Waals surface area contributed by atoms with Gasteiger partial charge in [0.15, 0.2) is 5.82 Å². The number of nitrogens with one attached hydrogen (secondary N) is 1. The normalized spacial score (nSPS) is 25.4. The predicted molar refractivity (Wildman–Crippen MR) is 58.6 cm³/mol. The van der Waals surface area contributed by atoms with E-state index in [0.717, 1.165) is 30.8 Å². The number of para-hydroxylation sites is 1. The van der Waals surface area contributed by atoms with Gasteiger partial charge in [0.25, 0.3) is 0 Å². The number of fused-ring (bicyclic) bond motifs is 1. The van der Waals surface area contributed by atoms with Gasteiger partial charge in [-0.3, -0.25) is 0 Å². The number of hydrogen-bond acceptors (Lipinski definition) is 2. The highest BCUT2D eigenvalue weighted by Crippen LogP contribution is 2.34. The number of nitrogens with zero attached hydrogens (tertiary/aromatic N) is 1. The van der Waals surface area contributed by atoms with E-state index in [2.05, 4.69) is 9.97 Å². The summed E-state index contributed by atoms with van der Waals surface area (Å²) in [5.74, 6) is 0.437. The summed E-state index contributed by atoms with van der Waals surface area (Å²) in [5, 5.41) is 0. The topological polar surface area (TPSA) is 37.9 Å². The van der Waals surface area contributed by atoms with Crippen molar-refractivity contribution in [2.24, 2.45) is 0 Å². The molecule has 1 saturated heterocycles. The van der Waals surface area contributed by atoms with Gasteiger partial charge in [-0.1, -0.05) is 6.07 Å². The molecule has 2 heterocycles. The van der Waals surface area contributed by atoms with Gasteiger partial charge in [-0.05, 0) is 31.9 Å². The van der Waals surface area contributed by atoms with Crippen LogP contribution in [-0.2, 0) is 10.3 Å². The van der Waals surface area contributed by atoms with E-state index in [4.69, 9.17) is 4.74 Å². The molecule has 0 bridgehead atoms. The summed E-state index contributed by atoms with van der Waals surface area (Å²) in [6.45, 7) is 2.74. The van der Waals surface area contributed by atoms with Crippen LogP contribution in [0.1, 0.15) is 25.6 Å². The van der Waals surface area contributed by atoms with Crippen LogP contribution in [0.25, 0.3) is 11.0 Å². The van der Waals surface area contributed by atoms with E-state index in [1.165, 1.54) is 6.07 Å². The van der Waals surface area contributed by atoms with Gasteiger partial charge in [-0.25, -0.2) is 9.37 Å². The third kappa shape index (κ3) is 1.33. The van der Waals surface area contributed by atoms with E-state index in [-0.39, 0.29) is 11.4 Å². The van der Waals surface area contributed by atoms with Crippen molar-refractivity contribution >= 4 is 11.0 Å². The van der Waals surface area contributed by atoms with Gasteiger partial charge in [-0.15, -0.1) is 0 Å². The van der Waals surface area contributed by atoms with Crippen LogP contribution in [0.4, 0.5) is 4.39 Å². The molecule has 16 heavy (non-hydrogen) atoms. The van der Waals surface area contributed by atoms with Crippen molar-refractivity contribution in [2.75, 3.05) is 6.61 Å². The van der Waals surface area contributed by atoms with Gasteiger partial charge in [0, 0.05) is 6.61 Å². The molecule has 3 nitrogen and oxygen atoms in total. The van der Waals surface area contributed by atoms with Crippen LogP contribution in [0.3, 0.4) is 0 Å². The number of hydrogen-bond donors (Lipinski definition) is 1. The van der Waals surface area contributed by atoms with Crippen molar-refractivity contribution in [2.45, 2.75) is 25.4 Å². The van der Waals surface area contributed by atoms with Crippen molar-refractivity contribution in [1.82, 2.24) is 9.97 Å². The Bertz CT molecular complexity index is 529. The summed E-state index contributed by atoms with van der Waals surface area (Å²) < 4.78 is 19.2. The lowest BCUT2D eigenvalue weighted by molar-refractivity contribution is 0.0103. The fourth-order valence-electron chi connectivity index (χ4n) is 2.21. The number of aromatic amines is 1. The Morgan fingerprint density at radius 2 is 2.38 bits per heavy atom. The van der Waals surface area contributed by atoms with Crippen LogP contribution in [0.2, 0.25) is 0 Å². The zero-order valence-electron chi connectivity index (χ0n) is 9.09. The molecule has 1 fully saturated rings. The van der Waals surface area contributed by atoms with E-state index in [1.807, 2.05) is 13.0 Å². The Morgan fingerprint density at radius 3 is 3.06 bits per heavy atom. The molecule has 0 amide bonds. The zero-order chi connectivity index (χ0) is 11.2. The molecule has 1 aliphatic heterocycles. The Balaban J connectivity index is 2.15. The minimum Gasteiger partial charge on any atom is -0.367 e. The lowest BCUT2D eigenvalue weighted by Crippen LogP contribution is -2.21. The van der Waals surface area contributed by atoms with Crippen molar-refractivity contribution in [3.8, 4) is 0 Å². The average Bonchev–Trinajstić information content (AvgIpc) is 2.85. The molecule has 1 aromatic heterocycles. The Morgan fingerprint density at radius 1 is 1.50 bits per heavy atom. The maximum Gasteiger partial charge on any atom is 0.151 e. The molecular formula is C12H13FN2O. The first-order valence-corrected chi connectivity index (χ1v) is 5.48. The summed E-state index contributed by atoms with van der Waals surface area (Å²) in [6, 6.07) is 4.93. The second-order valence-corrected chi connectivity index (χ2v) is 4.40. The Hall–Kier alpha value is -1.42. The van der Waals surface area contributed by atoms with Gasteiger partial charge in [0.1, 0.15) is 16.9 Å². The first kappa shape index (κ1) is 9.78. The summed E-state index contributed by atoms with van der Waals surface area (Å²) in [6.07, 6.45) is 1.95. The highest BCUT2D eigenvalue weighted by molar-refractivity contribution is 5.75. The van der Waals surface area contributed by atoms with E-state index < -0.39 is 0 Å². The molecule has 4 heteroatoms. The standard InChI is InChI=1S/C12H13FN2O/c1-12(6-3-7-16-12)11-14-9-5-2-4-8(13)10(9)15-11/h2,4-5H,3,6-7H2,1H3,(H,14,15). The number of aromatic nitrogens is 2. The largest absolute Gasteiger partial charge is 0.367 e. The van der Waals surface area contributed by atoms with Crippen molar-refractivity contribution in [3.05, 3.63) is 29.8 Å². The fraction of sp³-hybridized carbons (Fsp3) is 0.417. The van der Waals surface area contributed by atoms with E-state index in [0.29, 0.717) is 5.52 Å². The molecule has 0 spiro atoms. The second kappa shape index (κ2) is 3.28. The van der Waals surface area contributed by atoms with Gasteiger partial charge in [0.05, 0.1) is 5.52 Å². The van der Waals surface area contributed by atoms with Crippen molar-refractivity contribution in [1.29, 1.82) is 0 Å². The third-order valence-corrected chi connectivity index (χ3v) is 3.18. The molecule has 0 saturated carbocycles. The lowest BCUT2D eigenvalue weighted by Gasteiger charge is -2.19. The molecule has 1 unspecified atom stereocenters. The molecular weight excluding hydrogens is 207 g/mol. The maximum atomic E-state index is 13.5. The average molecular weight is 220 g/mol. The summed E-state index contributed by atoms with van der Waals surface area (Å²) in [7, 11) is 0. The fourth-order valence-corrected chi connectivity index (χ4v) is 2.21. The smallest absolute Gasteiger partial charge is 0.151 e. The van der Waals surface area contributed by atoms with Crippen LogP contribution in [0.5, 0.6) is 0 Å². The van der Waals surface area contributed by atoms with Crippen LogP contribution in [0.15, 0.2) is 18.2 Å². The molecule has 0 radical (unpaired) electrons. The monoisotopic (exact) mass is 220 g/mol. The maximum absolute atomic E-state index is 13.5. The van der Waals surface area contributed by atoms with Crippen LogP contribution >= 0.6 is 0 Å². The number of ether oxygens (including phenoxy) is 1. The number of rotatable bonds is 1. The number of imidazole rings is 1. The third-order valence-electron chi connectivity index (χ3n) is 3.18. The van der Waals surface area contributed by atoms with Gasteiger partial charge in [0.2, 0.25) is 0 Å². The van der Waals surface area contributed by atoms with Crippen LogP contribution in [0, 0.1) is 5.82 Å².